The quantitative estimate of drug-likeness (QED) is 0.794. The van der Waals surface area contributed by atoms with Crippen molar-refractivity contribution >= 4 is 21.6 Å². The summed E-state index contributed by atoms with van der Waals surface area (Å²) >= 11 is 1.61. The van der Waals surface area contributed by atoms with E-state index in [9.17, 15) is 0 Å². The van der Waals surface area contributed by atoms with Crippen LogP contribution in [-0.2, 0) is 0 Å². The molecule has 0 saturated carbocycles. The number of rotatable bonds is 3. The Morgan fingerprint density at radius 1 is 1.54 bits per heavy atom. The summed E-state index contributed by atoms with van der Waals surface area (Å²) in [6.45, 7) is 0.931. The predicted molar refractivity (Wildman–Crippen MR) is 52.0 cm³/mol. The maximum Gasteiger partial charge on any atom is 0.317 e. The molecule has 0 radical (unpaired) electrons. The van der Waals surface area contributed by atoms with E-state index in [1.165, 1.54) is 0 Å². The van der Waals surface area contributed by atoms with Crippen LogP contribution in [0.1, 0.15) is 0 Å². The summed E-state index contributed by atoms with van der Waals surface area (Å²) in [7, 11) is 0. The van der Waals surface area contributed by atoms with Gasteiger partial charge in [0.15, 0.2) is 0 Å². The molecule has 0 saturated heterocycles. The van der Waals surface area contributed by atoms with Gasteiger partial charge < -0.3 is 10.5 Å². The van der Waals surface area contributed by atoms with Gasteiger partial charge >= 0.3 is 6.01 Å². The third-order valence-corrected chi connectivity index (χ3v) is 2.37. The van der Waals surface area contributed by atoms with Crippen molar-refractivity contribution < 1.29 is 4.74 Å². The molecule has 2 N–H and O–H groups in total. The van der Waals surface area contributed by atoms with Crippen LogP contribution in [0.4, 0.5) is 0 Å². The first kappa shape index (κ1) is 8.40. The van der Waals surface area contributed by atoms with Gasteiger partial charge in [-0.15, -0.1) is 11.3 Å². The average Bonchev–Trinajstić information content (AvgIpc) is 2.61. The molecule has 13 heavy (non-hydrogen) atoms. The van der Waals surface area contributed by atoms with Crippen molar-refractivity contribution in [1.82, 2.24) is 9.97 Å². The summed E-state index contributed by atoms with van der Waals surface area (Å²) in [5, 5.41) is 1.98. The van der Waals surface area contributed by atoms with E-state index in [1.807, 2.05) is 11.4 Å². The number of nitrogens with zero attached hydrogens (tertiary/aromatic N) is 2. The lowest BCUT2D eigenvalue weighted by Crippen LogP contribution is -2.11. The minimum absolute atomic E-state index is 0.399. The fraction of sp³-hybridized carbons (Fsp3) is 0.250. The first-order valence-corrected chi connectivity index (χ1v) is 4.81. The fourth-order valence-corrected chi connectivity index (χ4v) is 1.66. The lowest BCUT2D eigenvalue weighted by molar-refractivity contribution is 0.303. The Labute approximate surface area is 79.4 Å². The van der Waals surface area contributed by atoms with Crippen molar-refractivity contribution in [2.45, 2.75) is 0 Å². The van der Waals surface area contributed by atoms with Gasteiger partial charge in [0, 0.05) is 6.54 Å². The molecule has 0 aliphatic rings. The van der Waals surface area contributed by atoms with E-state index in [0.717, 1.165) is 10.2 Å². The van der Waals surface area contributed by atoms with Crippen molar-refractivity contribution in [2.75, 3.05) is 13.2 Å². The number of nitrogens with two attached hydrogens (primary N) is 1. The van der Waals surface area contributed by atoms with E-state index >= 15 is 0 Å². The van der Waals surface area contributed by atoms with Gasteiger partial charge in [-0.25, -0.2) is 4.98 Å². The highest BCUT2D eigenvalue weighted by Gasteiger charge is 2.00. The molecule has 2 rings (SSSR count). The molecule has 0 fully saturated rings. The number of ether oxygens (including phenoxy) is 1. The highest BCUT2D eigenvalue weighted by Crippen LogP contribution is 2.18. The van der Waals surface area contributed by atoms with Gasteiger partial charge in [-0.05, 0) is 11.4 Å². The lowest BCUT2D eigenvalue weighted by atomic mass is 10.5. The van der Waals surface area contributed by atoms with E-state index < -0.39 is 0 Å². The summed E-state index contributed by atoms with van der Waals surface area (Å²) in [5.74, 6) is 0. The minimum Gasteiger partial charge on any atom is -0.462 e. The van der Waals surface area contributed by atoms with Gasteiger partial charge in [0.25, 0.3) is 0 Å². The Morgan fingerprint density at radius 3 is 3.31 bits per heavy atom. The zero-order chi connectivity index (χ0) is 9.10. The second-order valence-electron chi connectivity index (χ2n) is 2.46. The molecule has 4 nitrogen and oxygen atoms in total. The second-order valence-corrected chi connectivity index (χ2v) is 3.41. The topological polar surface area (TPSA) is 61.0 Å². The van der Waals surface area contributed by atoms with Crippen molar-refractivity contribution in [3.63, 3.8) is 0 Å². The zero-order valence-corrected chi connectivity index (χ0v) is 7.75. The van der Waals surface area contributed by atoms with E-state index in [4.69, 9.17) is 10.5 Å². The van der Waals surface area contributed by atoms with Crippen LogP contribution in [0.5, 0.6) is 6.01 Å². The predicted octanol–water partition coefficient (Wildman–Crippen LogP) is 1.03. The van der Waals surface area contributed by atoms with Crippen LogP contribution in [-0.4, -0.2) is 23.1 Å². The molecule has 0 spiro atoms. The Morgan fingerprint density at radius 2 is 2.46 bits per heavy atom. The average molecular weight is 195 g/mol. The van der Waals surface area contributed by atoms with Crippen LogP contribution in [0.2, 0.25) is 0 Å². The van der Waals surface area contributed by atoms with Crippen molar-refractivity contribution in [2.24, 2.45) is 5.73 Å². The summed E-state index contributed by atoms with van der Waals surface area (Å²) < 4.78 is 6.26. The summed E-state index contributed by atoms with van der Waals surface area (Å²) in [6, 6.07) is 2.34. The van der Waals surface area contributed by atoms with E-state index in [0.29, 0.717) is 19.2 Å². The maximum absolute atomic E-state index is 5.29. The van der Waals surface area contributed by atoms with Gasteiger partial charge in [0.2, 0.25) is 0 Å². The lowest BCUT2D eigenvalue weighted by Gasteiger charge is -2.00. The smallest absolute Gasteiger partial charge is 0.317 e. The number of thiophene rings is 1. The van der Waals surface area contributed by atoms with Crippen LogP contribution < -0.4 is 10.5 Å². The summed E-state index contributed by atoms with van der Waals surface area (Å²) in [5.41, 5.74) is 6.21. The number of aromatic nitrogens is 2. The third kappa shape index (κ3) is 1.76. The molecule has 0 aliphatic heterocycles. The first-order valence-electron chi connectivity index (χ1n) is 3.93. The Kier molecular flexibility index (Phi) is 2.37. The highest BCUT2D eigenvalue weighted by atomic mass is 32.1. The normalized spacial score (nSPS) is 10.5. The molecule has 2 heterocycles. The summed E-state index contributed by atoms with van der Waals surface area (Å²) in [4.78, 5) is 8.23. The van der Waals surface area contributed by atoms with Gasteiger partial charge in [0.05, 0.1) is 16.4 Å². The molecule has 0 atom stereocenters. The highest BCUT2D eigenvalue weighted by molar-refractivity contribution is 7.17. The molecule has 0 aliphatic carbocycles. The zero-order valence-electron chi connectivity index (χ0n) is 6.93. The van der Waals surface area contributed by atoms with Crippen molar-refractivity contribution in [1.29, 1.82) is 0 Å². The Hall–Kier alpha value is -1.20. The Bertz CT molecular complexity index is 401. The van der Waals surface area contributed by atoms with Gasteiger partial charge in [-0.1, -0.05) is 0 Å². The van der Waals surface area contributed by atoms with Crippen molar-refractivity contribution in [3.05, 3.63) is 17.6 Å². The maximum atomic E-state index is 5.29. The monoisotopic (exact) mass is 195 g/mol. The minimum atomic E-state index is 0.399. The van der Waals surface area contributed by atoms with E-state index in [1.54, 1.807) is 17.5 Å². The molecular formula is C8H9N3OS. The molecule has 0 aromatic carbocycles. The SMILES string of the molecule is NCCOc1ncc2sccc2n1. The van der Waals surface area contributed by atoms with Crippen LogP contribution in [0.25, 0.3) is 10.2 Å². The van der Waals surface area contributed by atoms with Crippen LogP contribution >= 0.6 is 11.3 Å². The summed E-state index contributed by atoms with van der Waals surface area (Å²) in [6.07, 6.45) is 1.76. The van der Waals surface area contributed by atoms with Gasteiger partial charge in [-0.3, -0.25) is 0 Å². The molecule has 0 unspecified atom stereocenters. The Balaban J connectivity index is 2.26. The van der Waals surface area contributed by atoms with Crippen LogP contribution in [0.15, 0.2) is 17.6 Å². The molecule has 68 valence electrons. The van der Waals surface area contributed by atoms with Gasteiger partial charge in [0.1, 0.15) is 6.61 Å². The third-order valence-electron chi connectivity index (χ3n) is 1.53. The second kappa shape index (κ2) is 3.68. The van der Waals surface area contributed by atoms with Crippen LogP contribution in [0, 0.1) is 0 Å². The van der Waals surface area contributed by atoms with Crippen molar-refractivity contribution in [3.8, 4) is 6.01 Å². The molecular weight excluding hydrogens is 186 g/mol. The number of hydrogen-bond donors (Lipinski definition) is 1. The molecule has 2 aromatic rings. The largest absolute Gasteiger partial charge is 0.462 e. The first-order chi connectivity index (χ1) is 6.40. The molecule has 0 bridgehead atoms. The fourth-order valence-electron chi connectivity index (χ4n) is 0.969. The van der Waals surface area contributed by atoms with E-state index in [-0.39, 0.29) is 0 Å². The standard InChI is InChI=1S/C8H9N3OS/c9-2-3-12-8-10-5-7-6(11-8)1-4-13-7/h1,4-5H,2-3,9H2. The molecule has 5 heteroatoms. The number of hydrogen-bond acceptors (Lipinski definition) is 5. The van der Waals surface area contributed by atoms with E-state index in [2.05, 4.69) is 9.97 Å². The van der Waals surface area contributed by atoms with Gasteiger partial charge in [-0.2, -0.15) is 4.98 Å². The molecule has 2 aromatic heterocycles. The molecule has 0 amide bonds. The van der Waals surface area contributed by atoms with Crippen LogP contribution in [0.3, 0.4) is 0 Å². The number of fused-ring (bicyclic) bond motifs is 1.